The van der Waals surface area contributed by atoms with Crippen molar-refractivity contribution in [1.29, 1.82) is 0 Å². The number of ether oxygens (including phenoxy) is 2. The summed E-state index contributed by atoms with van der Waals surface area (Å²) in [6.07, 6.45) is -10.7. The number of hydrogen-bond donors (Lipinski definition) is 1. The number of halogens is 6. The molecule has 2 amide bonds. The minimum absolute atomic E-state index is 0.132. The first-order chi connectivity index (χ1) is 15.3. The van der Waals surface area contributed by atoms with E-state index in [0.717, 1.165) is 0 Å². The maximum Gasteiger partial charge on any atom is 0.422 e. The molecule has 178 valence electrons. The number of nitrogens with one attached hydrogen (secondary N) is 1. The van der Waals surface area contributed by atoms with E-state index in [0.29, 0.717) is 29.6 Å². The smallest absolute Gasteiger partial charge is 0.422 e. The Labute approximate surface area is 184 Å². The van der Waals surface area contributed by atoms with Gasteiger partial charge in [-0.05, 0) is 37.3 Å². The molecule has 1 aliphatic rings. The Bertz CT molecular complexity index is 1040. The van der Waals surface area contributed by atoms with Gasteiger partial charge in [0.05, 0.1) is 16.9 Å². The minimum Gasteiger partial charge on any atom is -0.482 e. The quantitative estimate of drug-likeness (QED) is 0.609. The fourth-order valence-electron chi connectivity index (χ4n) is 3.10. The molecule has 0 saturated heterocycles. The van der Waals surface area contributed by atoms with Crippen molar-refractivity contribution in [2.24, 2.45) is 0 Å². The number of benzene rings is 2. The summed E-state index contributed by atoms with van der Waals surface area (Å²) < 4.78 is 86.6. The molecule has 1 atom stereocenters. The lowest BCUT2D eigenvalue weighted by Gasteiger charge is -2.32. The van der Waals surface area contributed by atoms with Crippen LogP contribution in [0.1, 0.15) is 18.9 Å². The van der Waals surface area contributed by atoms with Gasteiger partial charge in [-0.15, -0.1) is 0 Å². The van der Waals surface area contributed by atoms with Crippen LogP contribution in [0.2, 0.25) is 0 Å². The number of rotatable bonds is 6. The molecule has 0 aliphatic carbocycles. The van der Waals surface area contributed by atoms with Crippen LogP contribution in [0.4, 0.5) is 37.7 Å². The summed E-state index contributed by atoms with van der Waals surface area (Å²) in [6, 6.07) is 8.33. The highest BCUT2D eigenvalue weighted by molar-refractivity contribution is 6.01. The molecule has 33 heavy (non-hydrogen) atoms. The van der Waals surface area contributed by atoms with E-state index in [1.54, 1.807) is 24.3 Å². The zero-order valence-corrected chi connectivity index (χ0v) is 17.1. The van der Waals surface area contributed by atoms with Crippen molar-refractivity contribution in [3.05, 3.63) is 48.0 Å². The van der Waals surface area contributed by atoms with Gasteiger partial charge in [0.1, 0.15) is 11.5 Å². The molecule has 1 unspecified atom stereocenters. The summed E-state index contributed by atoms with van der Waals surface area (Å²) in [7, 11) is 0. The predicted octanol–water partition coefficient (Wildman–Crippen LogP) is 4.79. The normalized spacial score (nSPS) is 16.2. The summed E-state index contributed by atoms with van der Waals surface area (Å²) in [5, 5.41) is 2.15. The number of alkyl halides is 6. The second-order valence-electron chi connectivity index (χ2n) is 7.13. The third kappa shape index (κ3) is 6.08. The van der Waals surface area contributed by atoms with E-state index in [1.165, 1.54) is 11.8 Å². The molecule has 2 aromatic carbocycles. The van der Waals surface area contributed by atoms with Gasteiger partial charge >= 0.3 is 12.4 Å². The van der Waals surface area contributed by atoms with Crippen molar-refractivity contribution >= 4 is 23.2 Å². The van der Waals surface area contributed by atoms with Crippen molar-refractivity contribution in [2.75, 3.05) is 23.4 Å². The molecule has 0 aromatic heterocycles. The molecule has 1 heterocycles. The van der Waals surface area contributed by atoms with Gasteiger partial charge in [-0.1, -0.05) is 12.1 Å². The number of para-hydroxylation sites is 2. The summed E-state index contributed by atoms with van der Waals surface area (Å²) in [5.74, 6) is -1.40. The van der Waals surface area contributed by atoms with E-state index < -0.39 is 53.9 Å². The highest BCUT2D eigenvalue weighted by Gasteiger charge is 2.34. The van der Waals surface area contributed by atoms with E-state index in [9.17, 15) is 35.9 Å². The van der Waals surface area contributed by atoms with Gasteiger partial charge < -0.3 is 19.7 Å². The van der Waals surface area contributed by atoms with Crippen molar-refractivity contribution in [2.45, 2.75) is 31.8 Å². The first kappa shape index (κ1) is 24.2. The maximum absolute atomic E-state index is 13.0. The van der Waals surface area contributed by atoms with E-state index in [2.05, 4.69) is 10.1 Å². The van der Waals surface area contributed by atoms with Crippen molar-refractivity contribution in [1.82, 2.24) is 0 Å². The number of carbonyl (C=O) groups is 2. The number of amides is 2. The van der Waals surface area contributed by atoms with Crippen molar-refractivity contribution in [3.8, 4) is 11.5 Å². The van der Waals surface area contributed by atoms with Crippen LogP contribution in [0.5, 0.6) is 11.5 Å². The standard InChI is InChI=1S/C21H18F6N2O4/c1-12-19(31)29(15-4-2-3-5-17(15)33-12)9-8-18(30)28-14-10-13(21(25,26)27)6-7-16(14)32-11-20(22,23)24/h2-7,10,12H,8-9,11H2,1H3,(H,28,30). The third-order valence-corrected chi connectivity index (χ3v) is 4.61. The fraction of sp³-hybridized carbons (Fsp3) is 0.333. The highest BCUT2D eigenvalue weighted by Crippen LogP contribution is 2.36. The summed E-state index contributed by atoms with van der Waals surface area (Å²) in [5.41, 5.74) is -1.33. The Balaban J connectivity index is 1.76. The Morgan fingerprint density at radius 1 is 1.12 bits per heavy atom. The van der Waals surface area contributed by atoms with Crippen LogP contribution in [0.3, 0.4) is 0 Å². The van der Waals surface area contributed by atoms with Crippen molar-refractivity contribution in [3.63, 3.8) is 0 Å². The van der Waals surface area contributed by atoms with Gasteiger partial charge in [-0.25, -0.2) is 0 Å². The molecule has 3 rings (SSSR count). The Morgan fingerprint density at radius 3 is 2.48 bits per heavy atom. The van der Waals surface area contributed by atoms with E-state index in [-0.39, 0.29) is 13.0 Å². The lowest BCUT2D eigenvalue weighted by atomic mass is 10.1. The molecular formula is C21H18F6N2O4. The molecular weight excluding hydrogens is 458 g/mol. The third-order valence-electron chi connectivity index (χ3n) is 4.61. The molecule has 2 aromatic rings. The molecule has 1 aliphatic heterocycles. The fourth-order valence-corrected chi connectivity index (χ4v) is 3.10. The van der Waals surface area contributed by atoms with E-state index in [1.807, 2.05) is 0 Å². The Kier molecular flexibility index (Phi) is 6.75. The van der Waals surface area contributed by atoms with Gasteiger partial charge in [0.15, 0.2) is 12.7 Å². The number of nitrogens with zero attached hydrogens (tertiary/aromatic N) is 1. The van der Waals surface area contributed by atoms with Crippen LogP contribution in [0.25, 0.3) is 0 Å². The number of anilines is 2. The number of carbonyl (C=O) groups excluding carboxylic acids is 2. The molecule has 12 heteroatoms. The SMILES string of the molecule is CC1Oc2ccccc2N(CCC(=O)Nc2cc(C(F)(F)F)ccc2OCC(F)(F)F)C1=O. The van der Waals surface area contributed by atoms with Gasteiger partial charge in [0.2, 0.25) is 5.91 Å². The van der Waals surface area contributed by atoms with Crippen LogP contribution in [0, 0.1) is 0 Å². The Hall–Kier alpha value is -3.44. The lowest BCUT2D eigenvalue weighted by molar-refractivity contribution is -0.153. The topological polar surface area (TPSA) is 67.9 Å². The van der Waals surface area contributed by atoms with Crippen molar-refractivity contribution < 1.29 is 45.4 Å². The second-order valence-corrected chi connectivity index (χ2v) is 7.13. The summed E-state index contributed by atoms with van der Waals surface area (Å²) in [4.78, 5) is 26.2. The van der Waals surface area contributed by atoms with Gasteiger partial charge in [0, 0.05) is 13.0 Å². The van der Waals surface area contributed by atoms with Gasteiger partial charge in [0.25, 0.3) is 5.91 Å². The highest BCUT2D eigenvalue weighted by atomic mass is 19.4. The molecule has 1 N–H and O–H groups in total. The number of hydrogen-bond acceptors (Lipinski definition) is 4. The predicted molar refractivity (Wildman–Crippen MR) is 105 cm³/mol. The van der Waals surface area contributed by atoms with Crippen LogP contribution >= 0.6 is 0 Å². The zero-order valence-electron chi connectivity index (χ0n) is 17.1. The average molecular weight is 476 g/mol. The van der Waals surface area contributed by atoms with E-state index >= 15 is 0 Å². The van der Waals surface area contributed by atoms with Crippen LogP contribution in [0.15, 0.2) is 42.5 Å². The zero-order chi connectivity index (χ0) is 24.4. The monoisotopic (exact) mass is 476 g/mol. The van der Waals surface area contributed by atoms with Crippen LogP contribution in [-0.2, 0) is 15.8 Å². The minimum atomic E-state index is -4.79. The summed E-state index contributed by atoms with van der Waals surface area (Å²) >= 11 is 0. The molecule has 0 radical (unpaired) electrons. The molecule has 6 nitrogen and oxygen atoms in total. The van der Waals surface area contributed by atoms with Crippen LogP contribution in [-0.4, -0.2) is 37.2 Å². The first-order valence-corrected chi connectivity index (χ1v) is 9.63. The maximum atomic E-state index is 13.0. The Morgan fingerprint density at radius 2 is 1.82 bits per heavy atom. The lowest BCUT2D eigenvalue weighted by Crippen LogP contribution is -2.45. The van der Waals surface area contributed by atoms with Gasteiger partial charge in [-0.3, -0.25) is 9.59 Å². The number of fused-ring (bicyclic) bond motifs is 1. The molecule has 0 fully saturated rings. The van der Waals surface area contributed by atoms with Gasteiger partial charge in [-0.2, -0.15) is 26.3 Å². The molecule has 0 bridgehead atoms. The molecule has 0 spiro atoms. The summed E-state index contributed by atoms with van der Waals surface area (Å²) in [6.45, 7) is -0.358. The second kappa shape index (κ2) is 9.20. The average Bonchev–Trinajstić information content (AvgIpc) is 2.72. The van der Waals surface area contributed by atoms with Crippen LogP contribution < -0.4 is 19.7 Å². The van der Waals surface area contributed by atoms with E-state index in [4.69, 9.17) is 4.74 Å². The first-order valence-electron chi connectivity index (χ1n) is 9.63. The largest absolute Gasteiger partial charge is 0.482 e. The molecule has 0 saturated carbocycles.